The molecule has 112 valence electrons. The van der Waals surface area contributed by atoms with Gasteiger partial charge in [0.15, 0.2) is 0 Å². The third kappa shape index (κ3) is 5.61. The monoisotopic (exact) mass is 298 g/mol. The first-order chi connectivity index (χ1) is 9.40. The highest BCUT2D eigenvalue weighted by atomic mass is 32.1. The molecule has 0 aliphatic heterocycles. The fourth-order valence-corrected chi connectivity index (χ4v) is 2.48. The van der Waals surface area contributed by atoms with Crippen molar-refractivity contribution in [2.75, 3.05) is 13.6 Å². The van der Waals surface area contributed by atoms with E-state index >= 15 is 0 Å². The predicted octanol–water partition coefficient (Wildman–Crippen LogP) is 2.43. The number of likely N-dealkylation sites (N-methyl/N-ethyl adjacent to an activating group) is 1. The largest absolute Gasteiger partial charge is 0.480 e. The van der Waals surface area contributed by atoms with E-state index in [1.165, 1.54) is 9.78 Å². The number of amides is 2. The highest BCUT2D eigenvalue weighted by Gasteiger charge is 2.22. The number of carboxylic acid groups (broad SMARTS) is 1. The Hall–Kier alpha value is -1.56. The third-order valence-corrected chi connectivity index (χ3v) is 3.86. The number of nitrogens with one attached hydrogen (secondary N) is 1. The first-order valence-corrected chi connectivity index (χ1v) is 7.55. The standard InChI is InChI=1S/C14H22N2O3S/c1-10(2)9-12(13(17)18)15-14(19)16(3)7-6-11-5-4-8-20-11/h4-5,8,10,12H,6-7,9H2,1-3H3,(H,15,19)(H,17,18)/t12-/m1/s1. The number of urea groups is 1. The van der Waals surface area contributed by atoms with Crippen LogP contribution in [0, 0.1) is 5.92 Å². The Balaban J connectivity index is 2.44. The highest BCUT2D eigenvalue weighted by Crippen LogP contribution is 2.10. The second-order valence-corrected chi connectivity index (χ2v) is 6.25. The summed E-state index contributed by atoms with van der Waals surface area (Å²) in [7, 11) is 1.68. The average molecular weight is 298 g/mol. The maximum atomic E-state index is 12.0. The van der Waals surface area contributed by atoms with Crippen molar-refractivity contribution in [3.63, 3.8) is 0 Å². The van der Waals surface area contributed by atoms with Gasteiger partial charge in [-0.05, 0) is 30.2 Å². The topological polar surface area (TPSA) is 69.6 Å². The minimum Gasteiger partial charge on any atom is -0.480 e. The SMILES string of the molecule is CC(C)C[C@@H](NC(=O)N(C)CCc1cccs1)C(=O)O. The number of carboxylic acids is 1. The number of aliphatic carboxylic acids is 1. The van der Waals surface area contributed by atoms with Gasteiger partial charge in [0.25, 0.3) is 0 Å². The molecule has 2 amide bonds. The molecule has 1 heterocycles. The molecular weight excluding hydrogens is 276 g/mol. The van der Waals surface area contributed by atoms with E-state index in [0.717, 1.165) is 6.42 Å². The Morgan fingerprint density at radius 2 is 2.15 bits per heavy atom. The van der Waals surface area contributed by atoms with Crippen molar-refractivity contribution in [2.24, 2.45) is 5.92 Å². The zero-order valence-corrected chi connectivity index (χ0v) is 12.9. The van der Waals surface area contributed by atoms with Gasteiger partial charge in [0.1, 0.15) is 6.04 Å². The van der Waals surface area contributed by atoms with Crippen molar-refractivity contribution in [1.29, 1.82) is 0 Å². The fraction of sp³-hybridized carbons (Fsp3) is 0.571. The summed E-state index contributed by atoms with van der Waals surface area (Å²) in [6, 6.07) is 2.83. The van der Waals surface area contributed by atoms with Crippen LogP contribution < -0.4 is 5.32 Å². The van der Waals surface area contributed by atoms with Crippen LogP contribution in [0.25, 0.3) is 0 Å². The Labute approximate surface area is 123 Å². The van der Waals surface area contributed by atoms with Crippen LogP contribution in [0.4, 0.5) is 4.79 Å². The molecule has 20 heavy (non-hydrogen) atoms. The van der Waals surface area contributed by atoms with Crippen LogP contribution in [-0.4, -0.2) is 41.6 Å². The first kappa shape index (κ1) is 16.5. The molecule has 0 bridgehead atoms. The summed E-state index contributed by atoms with van der Waals surface area (Å²) >= 11 is 1.65. The molecule has 6 heteroatoms. The fourth-order valence-electron chi connectivity index (χ4n) is 1.79. The molecule has 1 aromatic heterocycles. The Bertz CT molecular complexity index is 432. The number of carbonyl (C=O) groups excluding carboxylic acids is 1. The molecule has 0 saturated heterocycles. The van der Waals surface area contributed by atoms with Crippen LogP contribution in [0.2, 0.25) is 0 Å². The lowest BCUT2D eigenvalue weighted by atomic mass is 10.0. The smallest absolute Gasteiger partial charge is 0.326 e. The summed E-state index contributed by atoms with van der Waals surface area (Å²) in [4.78, 5) is 25.8. The van der Waals surface area contributed by atoms with Crippen molar-refractivity contribution in [2.45, 2.75) is 32.7 Å². The summed E-state index contributed by atoms with van der Waals surface area (Å²) in [5.74, 6) is -0.772. The maximum absolute atomic E-state index is 12.0. The number of nitrogens with zero attached hydrogens (tertiary/aromatic N) is 1. The van der Waals surface area contributed by atoms with Gasteiger partial charge in [-0.25, -0.2) is 9.59 Å². The molecule has 0 spiro atoms. The van der Waals surface area contributed by atoms with Gasteiger partial charge in [-0.3, -0.25) is 0 Å². The second kappa shape index (κ2) is 7.89. The number of rotatable bonds is 7. The van der Waals surface area contributed by atoms with E-state index < -0.39 is 12.0 Å². The van der Waals surface area contributed by atoms with E-state index in [2.05, 4.69) is 5.32 Å². The molecule has 0 aliphatic rings. The molecule has 0 unspecified atom stereocenters. The number of hydrogen-bond acceptors (Lipinski definition) is 3. The summed E-state index contributed by atoms with van der Waals surface area (Å²) in [6.07, 6.45) is 1.21. The maximum Gasteiger partial charge on any atom is 0.326 e. The van der Waals surface area contributed by atoms with Gasteiger partial charge in [-0.2, -0.15) is 0 Å². The number of carbonyl (C=O) groups is 2. The quantitative estimate of drug-likeness (QED) is 0.812. The number of thiophene rings is 1. The Morgan fingerprint density at radius 1 is 1.45 bits per heavy atom. The third-order valence-electron chi connectivity index (χ3n) is 2.92. The zero-order chi connectivity index (χ0) is 15.1. The van der Waals surface area contributed by atoms with Crippen molar-refractivity contribution in [1.82, 2.24) is 10.2 Å². The minimum absolute atomic E-state index is 0.216. The van der Waals surface area contributed by atoms with E-state index in [1.54, 1.807) is 18.4 Å². The van der Waals surface area contributed by atoms with Crippen molar-refractivity contribution >= 4 is 23.3 Å². The van der Waals surface area contributed by atoms with Crippen LogP contribution >= 0.6 is 11.3 Å². The van der Waals surface area contributed by atoms with E-state index in [9.17, 15) is 9.59 Å². The normalized spacial score (nSPS) is 12.2. The summed E-state index contributed by atoms with van der Waals surface area (Å²) in [5.41, 5.74) is 0. The van der Waals surface area contributed by atoms with Gasteiger partial charge in [0.2, 0.25) is 0 Å². The molecular formula is C14H22N2O3S. The van der Waals surface area contributed by atoms with Crippen molar-refractivity contribution in [3.8, 4) is 0 Å². The van der Waals surface area contributed by atoms with Gasteiger partial charge in [-0.1, -0.05) is 19.9 Å². The lowest BCUT2D eigenvalue weighted by Crippen LogP contribution is -2.47. The van der Waals surface area contributed by atoms with Crippen molar-refractivity contribution in [3.05, 3.63) is 22.4 Å². The van der Waals surface area contributed by atoms with Crippen LogP contribution in [0.3, 0.4) is 0 Å². The van der Waals surface area contributed by atoms with Gasteiger partial charge in [-0.15, -0.1) is 11.3 Å². The minimum atomic E-state index is -0.987. The lowest BCUT2D eigenvalue weighted by molar-refractivity contribution is -0.139. The molecule has 1 aromatic rings. The second-order valence-electron chi connectivity index (χ2n) is 5.22. The zero-order valence-electron chi connectivity index (χ0n) is 12.1. The van der Waals surface area contributed by atoms with Crippen LogP contribution in [-0.2, 0) is 11.2 Å². The van der Waals surface area contributed by atoms with Gasteiger partial charge < -0.3 is 15.3 Å². The van der Waals surface area contributed by atoms with Crippen molar-refractivity contribution < 1.29 is 14.7 Å². The average Bonchev–Trinajstić information content (AvgIpc) is 2.87. The van der Waals surface area contributed by atoms with Gasteiger partial charge in [0.05, 0.1) is 0 Å². The highest BCUT2D eigenvalue weighted by molar-refractivity contribution is 7.09. The van der Waals surface area contributed by atoms with Gasteiger partial charge in [0, 0.05) is 18.5 Å². The summed E-state index contributed by atoms with van der Waals surface area (Å²) < 4.78 is 0. The van der Waals surface area contributed by atoms with Gasteiger partial charge >= 0.3 is 12.0 Å². The van der Waals surface area contributed by atoms with Crippen LogP contribution in [0.5, 0.6) is 0 Å². The van der Waals surface area contributed by atoms with E-state index in [-0.39, 0.29) is 11.9 Å². The molecule has 1 atom stereocenters. The number of hydrogen-bond donors (Lipinski definition) is 2. The molecule has 5 nitrogen and oxygen atoms in total. The Kier molecular flexibility index (Phi) is 6.51. The molecule has 2 N–H and O–H groups in total. The molecule has 1 rings (SSSR count). The summed E-state index contributed by atoms with van der Waals surface area (Å²) in [6.45, 7) is 4.44. The molecule has 0 radical (unpaired) electrons. The molecule has 0 aromatic carbocycles. The predicted molar refractivity (Wildman–Crippen MR) is 80.1 cm³/mol. The first-order valence-electron chi connectivity index (χ1n) is 6.67. The van der Waals surface area contributed by atoms with Crippen LogP contribution in [0.1, 0.15) is 25.1 Å². The molecule has 0 saturated carbocycles. The summed E-state index contributed by atoms with van der Waals surface area (Å²) in [5, 5.41) is 13.7. The van der Waals surface area contributed by atoms with E-state index in [0.29, 0.717) is 13.0 Å². The van der Waals surface area contributed by atoms with E-state index in [4.69, 9.17) is 5.11 Å². The lowest BCUT2D eigenvalue weighted by Gasteiger charge is -2.22. The van der Waals surface area contributed by atoms with E-state index in [1.807, 2.05) is 31.4 Å². The van der Waals surface area contributed by atoms with Crippen LogP contribution in [0.15, 0.2) is 17.5 Å². The molecule has 0 fully saturated rings. The molecule has 0 aliphatic carbocycles. The Morgan fingerprint density at radius 3 is 2.65 bits per heavy atom.